The third-order valence-electron chi connectivity index (χ3n) is 3.10. The smallest absolute Gasteiger partial charge is 0.335 e. The molecule has 1 aromatic carbocycles. The molecule has 0 radical (unpaired) electrons. The van der Waals surface area contributed by atoms with Crippen molar-refractivity contribution in [2.45, 2.75) is 26.3 Å². The number of carboxylic acid groups (broad SMARTS) is 1. The molecule has 0 aliphatic carbocycles. The summed E-state index contributed by atoms with van der Waals surface area (Å²) in [7, 11) is 0. The van der Waals surface area contributed by atoms with Crippen LogP contribution in [0.25, 0.3) is 0 Å². The molecule has 2 aromatic rings. The lowest BCUT2D eigenvalue weighted by molar-refractivity contribution is 0.0697. The van der Waals surface area contributed by atoms with E-state index in [1.54, 1.807) is 24.5 Å². The van der Waals surface area contributed by atoms with Crippen molar-refractivity contribution in [3.8, 4) is 0 Å². The molecule has 0 spiro atoms. The van der Waals surface area contributed by atoms with E-state index in [-0.39, 0.29) is 6.04 Å². The predicted octanol–water partition coefficient (Wildman–Crippen LogP) is 3.85. The number of carboxylic acids is 1. The number of carbonyl (C=O) groups is 1. The number of benzene rings is 1. The van der Waals surface area contributed by atoms with Gasteiger partial charge in [0.05, 0.1) is 17.9 Å². The summed E-state index contributed by atoms with van der Waals surface area (Å²) in [5.41, 5.74) is 2.13. The fraction of sp³-hybridized carbons (Fsp3) is 0.267. The molecule has 4 heteroatoms. The molecule has 0 bridgehead atoms. The molecule has 1 aromatic heterocycles. The molecular formula is C15H17NO3. The molecule has 1 unspecified atom stereocenters. The summed E-state index contributed by atoms with van der Waals surface area (Å²) in [4.78, 5) is 10.9. The van der Waals surface area contributed by atoms with Crippen LogP contribution >= 0.6 is 0 Å². The van der Waals surface area contributed by atoms with Crippen LogP contribution in [0, 0.1) is 6.92 Å². The van der Waals surface area contributed by atoms with Crippen LogP contribution in [0.15, 0.2) is 41.0 Å². The van der Waals surface area contributed by atoms with Crippen molar-refractivity contribution in [1.29, 1.82) is 0 Å². The highest BCUT2D eigenvalue weighted by atomic mass is 16.4. The Hall–Kier alpha value is -2.23. The minimum atomic E-state index is -0.910. The molecule has 1 heterocycles. The second kappa shape index (κ2) is 5.61. The normalized spacial score (nSPS) is 12.1. The second-order valence-electron chi connectivity index (χ2n) is 4.46. The third kappa shape index (κ3) is 2.96. The quantitative estimate of drug-likeness (QED) is 0.856. The third-order valence-corrected chi connectivity index (χ3v) is 3.10. The number of hydrogen-bond acceptors (Lipinski definition) is 3. The Kier molecular flexibility index (Phi) is 3.90. The Morgan fingerprint density at radius 1 is 1.42 bits per heavy atom. The first-order chi connectivity index (χ1) is 9.11. The van der Waals surface area contributed by atoms with E-state index >= 15 is 0 Å². The minimum absolute atomic E-state index is 0.0874. The van der Waals surface area contributed by atoms with E-state index in [4.69, 9.17) is 9.52 Å². The molecule has 0 fully saturated rings. The number of nitrogens with one attached hydrogen (secondary N) is 1. The minimum Gasteiger partial charge on any atom is -0.478 e. The summed E-state index contributed by atoms with van der Waals surface area (Å²) in [6.07, 6.45) is 2.54. The topological polar surface area (TPSA) is 62.5 Å². The van der Waals surface area contributed by atoms with Crippen LogP contribution in [-0.2, 0) is 0 Å². The van der Waals surface area contributed by atoms with Crippen LogP contribution in [0.1, 0.15) is 41.1 Å². The van der Waals surface area contributed by atoms with Gasteiger partial charge in [0.15, 0.2) is 0 Å². The number of rotatable bonds is 5. The van der Waals surface area contributed by atoms with E-state index in [0.717, 1.165) is 23.4 Å². The van der Waals surface area contributed by atoms with Gasteiger partial charge in [0.25, 0.3) is 0 Å². The van der Waals surface area contributed by atoms with Crippen molar-refractivity contribution in [2.24, 2.45) is 0 Å². The standard InChI is InChI=1S/C15H17NO3/c1-3-12(14-5-4-8-19-14)16-13-7-6-11(15(17)18)9-10(13)2/h4-9,12,16H,3H2,1-2H3,(H,17,18). The predicted molar refractivity (Wildman–Crippen MR) is 73.5 cm³/mol. The van der Waals surface area contributed by atoms with Crippen LogP contribution in [0.3, 0.4) is 0 Å². The maximum atomic E-state index is 10.9. The van der Waals surface area contributed by atoms with Gasteiger partial charge in [0.2, 0.25) is 0 Å². The Bertz CT molecular complexity index is 561. The highest BCUT2D eigenvalue weighted by Gasteiger charge is 2.13. The van der Waals surface area contributed by atoms with Gasteiger partial charge >= 0.3 is 5.97 Å². The Morgan fingerprint density at radius 2 is 2.21 bits per heavy atom. The van der Waals surface area contributed by atoms with Gasteiger partial charge in [0, 0.05) is 5.69 Å². The summed E-state index contributed by atoms with van der Waals surface area (Å²) < 4.78 is 5.40. The van der Waals surface area contributed by atoms with Gasteiger partial charge in [-0.15, -0.1) is 0 Å². The van der Waals surface area contributed by atoms with Crippen molar-refractivity contribution in [3.05, 3.63) is 53.5 Å². The molecule has 0 aliphatic heterocycles. The summed E-state index contributed by atoms with van der Waals surface area (Å²) in [5.74, 6) is -0.0306. The van der Waals surface area contributed by atoms with E-state index in [9.17, 15) is 4.79 Å². The lowest BCUT2D eigenvalue weighted by Gasteiger charge is -2.18. The Morgan fingerprint density at radius 3 is 2.74 bits per heavy atom. The molecule has 4 nitrogen and oxygen atoms in total. The number of hydrogen-bond donors (Lipinski definition) is 2. The zero-order valence-corrected chi connectivity index (χ0v) is 11.0. The molecule has 19 heavy (non-hydrogen) atoms. The average Bonchev–Trinajstić information content (AvgIpc) is 2.91. The van der Waals surface area contributed by atoms with Crippen molar-refractivity contribution in [3.63, 3.8) is 0 Å². The zero-order valence-electron chi connectivity index (χ0n) is 11.0. The van der Waals surface area contributed by atoms with Crippen LogP contribution in [0.4, 0.5) is 5.69 Å². The lowest BCUT2D eigenvalue weighted by Crippen LogP contribution is -2.10. The number of aromatic carboxylic acids is 1. The molecule has 0 aliphatic rings. The first kappa shape index (κ1) is 13.2. The fourth-order valence-electron chi connectivity index (χ4n) is 2.01. The van der Waals surface area contributed by atoms with Crippen LogP contribution < -0.4 is 5.32 Å². The van der Waals surface area contributed by atoms with Crippen molar-refractivity contribution < 1.29 is 14.3 Å². The molecular weight excluding hydrogens is 242 g/mol. The van der Waals surface area contributed by atoms with Crippen LogP contribution in [0.5, 0.6) is 0 Å². The van der Waals surface area contributed by atoms with Gasteiger partial charge < -0.3 is 14.8 Å². The van der Waals surface area contributed by atoms with Gasteiger partial charge in [-0.05, 0) is 49.2 Å². The maximum absolute atomic E-state index is 10.9. The first-order valence-corrected chi connectivity index (χ1v) is 6.25. The van der Waals surface area contributed by atoms with E-state index in [1.165, 1.54) is 0 Å². The second-order valence-corrected chi connectivity index (χ2v) is 4.46. The van der Waals surface area contributed by atoms with E-state index < -0.39 is 5.97 Å². The average molecular weight is 259 g/mol. The molecule has 100 valence electrons. The number of aryl methyl sites for hydroxylation is 1. The number of anilines is 1. The molecule has 2 N–H and O–H groups in total. The van der Waals surface area contributed by atoms with E-state index in [2.05, 4.69) is 12.2 Å². The van der Waals surface area contributed by atoms with Gasteiger partial charge in [-0.1, -0.05) is 6.92 Å². The summed E-state index contributed by atoms with van der Waals surface area (Å²) in [6, 6.07) is 8.95. The van der Waals surface area contributed by atoms with Gasteiger partial charge in [0.1, 0.15) is 5.76 Å². The van der Waals surface area contributed by atoms with Gasteiger partial charge in [-0.2, -0.15) is 0 Å². The van der Waals surface area contributed by atoms with E-state index in [1.807, 2.05) is 19.1 Å². The SMILES string of the molecule is CCC(Nc1ccc(C(=O)O)cc1C)c1ccco1. The fourth-order valence-corrected chi connectivity index (χ4v) is 2.01. The summed E-state index contributed by atoms with van der Waals surface area (Å²) >= 11 is 0. The summed E-state index contributed by atoms with van der Waals surface area (Å²) in [6.45, 7) is 3.96. The van der Waals surface area contributed by atoms with Crippen LogP contribution in [-0.4, -0.2) is 11.1 Å². The van der Waals surface area contributed by atoms with Gasteiger partial charge in [-0.3, -0.25) is 0 Å². The monoisotopic (exact) mass is 259 g/mol. The van der Waals surface area contributed by atoms with E-state index in [0.29, 0.717) is 5.56 Å². The molecule has 0 saturated carbocycles. The van der Waals surface area contributed by atoms with Gasteiger partial charge in [-0.25, -0.2) is 4.79 Å². The lowest BCUT2D eigenvalue weighted by atomic mass is 10.1. The Labute approximate surface area is 112 Å². The highest BCUT2D eigenvalue weighted by Crippen LogP contribution is 2.25. The largest absolute Gasteiger partial charge is 0.478 e. The van der Waals surface area contributed by atoms with Crippen molar-refractivity contribution in [2.75, 3.05) is 5.32 Å². The maximum Gasteiger partial charge on any atom is 0.335 e. The zero-order chi connectivity index (χ0) is 13.8. The molecule has 0 amide bonds. The molecule has 2 rings (SSSR count). The van der Waals surface area contributed by atoms with Crippen LogP contribution in [0.2, 0.25) is 0 Å². The molecule has 1 atom stereocenters. The van der Waals surface area contributed by atoms with Crippen molar-refractivity contribution >= 4 is 11.7 Å². The molecule has 0 saturated heterocycles. The first-order valence-electron chi connectivity index (χ1n) is 6.25. The highest BCUT2D eigenvalue weighted by molar-refractivity contribution is 5.88. The Balaban J connectivity index is 2.21. The number of furan rings is 1. The van der Waals surface area contributed by atoms with Crippen molar-refractivity contribution in [1.82, 2.24) is 0 Å². The summed E-state index contributed by atoms with van der Waals surface area (Å²) in [5, 5.41) is 12.3.